The Bertz CT molecular complexity index is 1010. The van der Waals surface area contributed by atoms with E-state index in [1.54, 1.807) is 0 Å². The first-order valence-corrected chi connectivity index (χ1v) is 10.2. The lowest BCUT2D eigenvalue weighted by Gasteiger charge is -2.30. The molecule has 3 aromatic rings. The van der Waals surface area contributed by atoms with Gasteiger partial charge in [-0.15, -0.1) is 10.2 Å². The van der Waals surface area contributed by atoms with Crippen LogP contribution in [0.1, 0.15) is 66.4 Å². The first-order chi connectivity index (χ1) is 13.6. The number of hydrogen-bond acceptors (Lipinski definition) is 5. The van der Waals surface area contributed by atoms with Crippen molar-refractivity contribution in [3.63, 3.8) is 0 Å². The highest BCUT2D eigenvalue weighted by Gasteiger charge is 2.29. The molecular weight excluding hydrogens is 350 g/mol. The van der Waals surface area contributed by atoms with Crippen LogP contribution in [0.3, 0.4) is 0 Å². The molecule has 1 aromatic carbocycles. The van der Waals surface area contributed by atoms with Gasteiger partial charge in [-0.25, -0.2) is 0 Å². The second-order valence-corrected chi connectivity index (χ2v) is 8.17. The zero-order valence-electron chi connectivity index (χ0n) is 16.5. The summed E-state index contributed by atoms with van der Waals surface area (Å²) in [6.07, 6.45) is 6.27. The Morgan fingerprint density at radius 1 is 1.11 bits per heavy atom. The molecule has 2 aliphatic rings. The molecular formula is C22H27N5O. The molecule has 0 radical (unpaired) electrons. The molecule has 2 N–H and O–H groups in total. The van der Waals surface area contributed by atoms with Gasteiger partial charge in [0.15, 0.2) is 11.5 Å². The van der Waals surface area contributed by atoms with Gasteiger partial charge in [-0.2, -0.15) is 0 Å². The molecule has 0 spiro atoms. The van der Waals surface area contributed by atoms with E-state index in [-0.39, 0.29) is 12.1 Å². The summed E-state index contributed by atoms with van der Waals surface area (Å²) in [7, 11) is 2.16. The van der Waals surface area contributed by atoms with E-state index in [9.17, 15) is 0 Å². The summed E-state index contributed by atoms with van der Waals surface area (Å²) in [6, 6.07) is 10.9. The Kier molecular flexibility index (Phi) is 4.33. The van der Waals surface area contributed by atoms with Gasteiger partial charge in [0.2, 0.25) is 0 Å². The lowest BCUT2D eigenvalue weighted by atomic mass is 9.86. The largest absolute Gasteiger partial charge is 0.484 e. The van der Waals surface area contributed by atoms with Crippen molar-refractivity contribution in [2.45, 2.75) is 50.8 Å². The first kappa shape index (κ1) is 17.6. The van der Waals surface area contributed by atoms with E-state index in [0.29, 0.717) is 6.04 Å². The lowest BCUT2D eigenvalue weighted by Crippen LogP contribution is -2.23. The Morgan fingerprint density at radius 2 is 1.93 bits per heavy atom. The van der Waals surface area contributed by atoms with Gasteiger partial charge in [-0.1, -0.05) is 24.3 Å². The predicted octanol–water partition coefficient (Wildman–Crippen LogP) is 3.72. The minimum absolute atomic E-state index is 0.0296. The van der Waals surface area contributed by atoms with Crippen LogP contribution in [0, 0.1) is 6.92 Å². The van der Waals surface area contributed by atoms with Crippen molar-refractivity contribution in [3.8, 4) is 5.75 Å². The summed E-state index contributed by atoms with van der Waals surface area (Å²) >= 11 is 0. The zero-order chi connectivity index (χ0) is 19.3. The number of benzene rings is 1. The predicted molar refractivity (Wildman–Crippen MR) is 108 cm³/mol. The number of ether oxygens (including phenoxy) is 1. The van der Waals surface area contributed by atoms with Crippen molar-refractivity contribution >= 4 is 5.65 Å². The van der Waals surface area contributed by atoms with Crippen molar-refractivity contribution < 1.29 is 4.74 Å². The van der Waals surface area contributed by atoms with Crippen molar-refractivity contribution in [2.24, 2.45) is 5.73 Å². The molecule has 2 aromatic heterocycles. The van der Waals surface area contributed by atoms with Gasteiger partial charge in [-0.05, 0) is 69.0 Å². The molecule has 1 fully saturated rings. The molecule has 3 heterocycles. The molecule has 28 heavy (non-hydrogen) atoms. The summed E-state index contributed by atoms with van der Waals surface area (Å²) in [5.41, 5.74) is 10.7. The number of fused-ring (bicyclic) bond motifs is 2. The third-order valence-electron chi connectivity index (χ3n) is 6.27. The van der Waals surface area contributed by atoms with Crippen LogP contribution < -0.4 is 10.5 Å². The smallest absolute Gasteiger partial charge is 0.164 e. The van der Waals surface area contributed by atoms with Crippen molar-refractivity contribution in [1.29, 1.82) is 0 Å². The molecule has 6 nitrogen and oxygen atoms in total. The summed E-state index contributed by atoms with van der Waals surface area (Å²) in [5.74, 6) is 1.87. The number of nitrogens with two attached hydrogens (primary N) is 1. The number of aromatic nitrogens is 3. The van der Waals surface area contributed by atoms with E-state index in [4.69, 9.17) is 10.5 Å². The Balaban J connectivity index is 1.51. The molecule has 1 aliphatic carbocycles. The van der Waals surface area contributed by atoms with E-state index in [1.165, 1.54) is 17.5 Å². The van der Waals surface area contributed by atoms with Gasteiger partial charge in [0, 0.05) is 6.04 Å². The van der Waals surface area contributed by atoms with Crippen LogP contribution in [0.5, 0.6) is 5.75 Å². The minimum Gasteiger partial charge on any atom is -0.484 e. The Labute approximate surface area is 165 Å². The van der Waals surface area contributed by atoms with Gasteiger partial charge < -0.3 is 10.5 Å². The monoisotopic (exact) mass is 377 g/mol. The standard InChI is InChI=1S/C22H27N5O/c1-14-12-15(28-20-10-9-18(23)16-6-3-4-7-17(16)20)13-27-21(14)24-25-22(27)19-8-5-11-26(19)2/h3-4,6-7,12-13,18-20H,5,8-11,23H2,1-2H3/t18-,19?,20+/m0/s1. The van der Waals surface area contributed by atoms with Gasteiger partial charge in [-0.3, -0.25) is 9.30 Å². The number of hydrogen-bond donors (Lipinski definition) is 1. The summed E-state index contributed by atoms with van der Waals surface area (Å²) < 4.78 is 8.61. The van der Waals surface area contributed by atoms with Crippen LogP contribution in [-0.2, 0) is 0 Å². The molecule has 6 heteroatoms. The number of pyridine rings is 1. The fraction of sp³-hybridized carbons (Fsp3) is 0.455. The zero-order valence-corrected chi connectivity index (χ0v) is 16.5. The van der Waals surface area contributed by atoms with Crippen LogP contribution in [0.15, 0.2) is 36.5 Å². The van der Waals surface area contributed by atoms with E-state index in [2.05, 4.69) is 70.0 Å². The van der Waals surface area contributed by atoms with Crippen LogP contribution in [0.4, 0.5) is 0 Å². The van der Waals surface area contributed by atoms with Crippen LogP contribution in [0.2, 0.25) is 0 Å². The summed E-state index contributed by atoms with van der Waals surface area (Å²) in [6.45, 7) is 3.18. The average Bonchev–Trinajstić information content (AvgIpc) is 3.30. The SMILES string of the molecule is Cc1cc(O[C@@H]2CC[C@H](N)c3ccccc32)cn2c(C3CCCN3C)nnc12. The molecule has 1 aliphatic heterocycles. The quantitative estimate of drug-likeness (QED) is 0.753. The van der Waals surface area contributed by atoms with Crippen LogP contribution >= 0.6 is 0 Å². The third kappa shape index (κ3) is 2.88. The number of aryl methyl sites for hydroxylation is 1. The maximum absolute atomic E-state index is 6.49. The maximum Gasteiger partial charge on any atom is 0.164 e. The number of nitrogens with zero attached hydrogens (tertiary/aromatic N) is 4. The fourth-order valence-corrected chi connectivity index (χ4v) is 4.74. The number of rotatable bonds is 3. The fourth-order valence-electron chi connectivity index (χ4n) is 4.74. The van der Waals surface area contributed by atoms with Gasteiger partial charge >= 0.3 is 0 Å². The molecule has 3 atom stereocenters. The molecule has 1 unspecified atom stereocenters. The topological polar surface area (TPSA) is 68.7 Å². The maximum atomic E-state index is 6.49. The van der Waals surface area contributed by atoms with E-state index < -0.39 is 0 Å². The second-order valence-electron chi connectivity index (χ2n) is 8.17. The molecule has 146 valence electrons. The lowest BCUT2D eigenvalue weighted by molar-refractivity contribution is 0.176. The average molecular weight is 377 g/mol. The first-order valence-electron chi connectivity index (χ1n) is 10.2. The van der Waals surface area contributed by atoms with Crippen LogP contribution in [0.25, 0.3) is 5.65 Å². The van der Waals surface area contributed by atoms with E-state index >= 15 is 0 Å². The van der Waals surface area contributed by atoms with Crippen LogP contribution in [-0.4, -0.2) is 33.1 Å². The van der Waals surface area contributed by atoms with Gasteiger partial charge in [0.1, 0.15) is 11.9 Å². The molecule has 0 amide bonds. The molecule has 0 bridgehead atoms. The van der Waals surface area contributed by atoms with Gasteiger partial charge in [0.05, 0.1) is 12.2 Å². The Hall–Kier alpha value is -2.44. The van der Waals surface area contributed by atoms with Crippen molar-refractivity contribution in [1.82, 2.24) is 19.5 Å². The Morgan fingerprint density at radius 3 is 2.71 bits per heavy atom. The highest BCUT2D eigenvalue weighted by atomic mass is 16.5. The minimum atomic E-state index is 0.0296. The molecule has 0 saturated carbocycles. The van der Waals surface area contributed by atoms with E-state index in [1.807, 2.05) is 0 Å². The summed E-state index contributed by atoms with van der Waals surface area (Å²) in [4.78, 5) is 2.36. The highest BCUT2D eigenvalue weighted by molar-refractivity contribution is 5.50. The molecule has 1 saturated heterocycles. The highest BCUT2D eigenvalue weighted by Crippen LogP contribution is 2.38. The van der Waals surface area contributed by atoms with Gasteiger partial charge in [0.25, 0.3) is 0 Å². The molecule has 5 rings (SSSR count). The number of likely N-dealkylation sites (tertiary alicyclic amines) is 1. The summed E-state index contributed by atoms with van der Waals surface area (Å²) in [5, 5.41) is 8.97. The van der Waals surface area contributed by atoms with Crippen molar-refractivity contribution in [2.75, 3.05) is 13.6 Å². The van der Waals surface area contributed by atoms with E-state index in [0.717, 1.165) is 48.6 Å². The second kappa shape index (κ2) is 6.87. The third-order valence-corrected chi connectivity index (χ3v) is 6.27. The normalized spacial score (nSPS) is 25.2. The van der Waals surface area contributed by atoms with Crippen molar-refractivity contribution in [3.05, 3.63) is 59.0 Å².